The Labute approximate surface area is 85.7 Å². The molecule has 0 saturated heterocycles. The predicted molar refractivity (Wildman–Crippen MR) is 51.0 cm³/mol. The molecule has 0 amide bonds. The van der Waals surface area contributed by atoms with Crippen molar-refractivity contribution in [3.05, 3.63) is 22.7 Å². The molecular weight excluding hydrogens is 208 g/mol. The summed E-state index contributed by atoms with van der Waals surface area (Å²) in [5, 5.41) is 17.8. The number of phenolic OH excluding ortho intramolecular Hbond substituents is 1. The highest BCUT2D eigenvalue weighted by atomic mass is 35.5. The third kappa shape index (κ3) is 2.09. The second-order valence-electron chi connectivity index (χ2n) is 2.66. The van der Waals surface area contributed by atoms with Gasteiger partial charge in [0.05, 0.1) is 13.5 Å². The first-order valence-electron chi connectivity index (χ1n) is 3.82. The molecule has 0 aliphatic rings. The van der Waals surface area contributed by atoms with E-state index in [0.29, 0.717) is 5.56 Å². The minimum Gasteiger partial charge on any atom is -0.506 e. The predicted octanol–water partition coefficient (Wildman–Crippen LogP) is 1.68. The molecule has 14 heavy (non-hydrogen) atoms. The highest BCUT2D eigenvalue weighted by molar-refractivity contribution is 6.33. The van der Waals surface area contributed by atoms with E-state index in [-0.39, 0.29) is 22.9 Å². The van der Waals surface area contributed by atoms with Crippen molar-refractivity contribution in [1.29, 1.82) is 0 Å². The molecule has 1 aromatic carbocycles. The Morgan fingerprint density at radius 3 is 2.71 bits per heavy atom. The zero-order valence-corrected chi connectivity index (χ0v) is 8.21. The van der Waals surface area contributed by atoms with Gasteiger partial charge in [-0.3, -0.25) is 4.79 Å². The Morgan fingerprint density at radius 1 is 1.57 bits per heavy atom. The molecule has 0 aromatic heterocycles. The van der Waals surface area contributed by atoms with Gasteiger partial charge in [0.1, 0.15) is 16.5 Å². The minimum atomic E-state index is -0.981. The maximum absolute atomic E-state index is 10.5. The number of phenols is 1. The molecule has 4 nitrogen and oxygen atoms in total. The van der Waals surface area contributed by atoms with Crippen LogP contribution in [0.2, 0.25) is 5.02 Å². The van der Waals surface area contributed by atoms with Gasteiger partial charge in [-0.25, -0.2) is 0 Å². The molecule has 0 saturated carbocycles. The fourth-order valence-corrected chi connectivity index (χ4v) is 1.37. The number of hydrogen-bond donors (Lipinski definition) is 2. The standard InChI is InChI=1S/C9H9ClO4/c1-14-9-5(4-7(12)13)2-3-6(11)8(9)10/h2-3,11H,4H2,1H3,(H,12,13). The maximum Gasteiger partial charge on any atom is 0.307 e. The largest absolute Gasteiger partial charge is 0.506 e. The van der Waals surface area contributed by atoms with Gasteiger partial charge in [-0.15, -0.1) is 0 Å². The van der Waals surface area contributed by atoms with Gasteiger partial charge in [0.15, 0.2) is 0 Å². The average molecular weight is 217 g/mol. The summed E-state index contributed by atoms with van der Waals surface area (Å²) in [6, 6.07) is 2.80. The van der Waals surface area contributed by atoms with E-state index in [1.165, 1.54) is 19.2 Å². The monoisotopic (exact) mass is 216 g/mol. The Hall–Kier alpha value is -1.42. The highest BCUT2D eigenvalue weighted by Crippen LogP contribution is 2.36. The third-order valence-corrected chi connectivity index (χ3v) is 2.07. The fraction of sp³-hybridized carbons (Fsp3) is 0.222. The Balaban J connectivity index is 3.17. The Morgan fingerprint density at radius 2 is 2.21 bits per heavy atom. The second-order valence-corrected chi connectivity index (χ2v) is 3.04. The van der Waals surface area contributed by atoms with E-state index < -0.39 is 5.97 Å². The molecule has 0 fully saturated rings. The zero-order chi connectivity index (χ0) is 10.7. The lowest BCUT2D eigenvalue weighted by Crippen LogP contribution is -2.02. The summed E-state index contributed by atoms with van der Waals surface area (Å²) in [6.45, 7) is 0. The summed E-state index contributed by atoms with van der Waals surface area (Å²) < 4.78 is 4.90. The fourth-order valence-electron chi connectivity index (χ4n) is 1.11. The first-order valence-corrected chi connectivity index (χ1v) is 4.20. The van der Waals surface area contributed by atoms with Crippen LogP contribution in [0, 0.1) is 0 Å². The number of carbonyl (C=O) groups is 1. The molecule has 2 N–H and O–H groups in total. The smallest absolute Gasteiger partial charge is 0.307 e. The molecular formula is C9H9ClO4. The summed E-state index contributed by atoms with van der Waals surface area (Å²) in [6.07, 6.45) is -0.191. The molecule has 0 bridgehead atoms. The highest BCUT2D eigenvalue weighted by Gasteiger charge is 2.13. The van der Waals surface area contributed by atoms with Crippen LogP contribution in [0.1, 0.15) is 5.56 Å². The van der Waals surface area contributed by atoms with E-state index in [1.807, 2.05) is 0 Å². The summed E-state index contributed by atoms with van der Waals surface area (Å²) >= 11 is 5.71. The van der Waals surface area contributed by atoms with Crippen LogP contribution in [0.15, 0.2) is 12.1 Å². The molecule has 0 aliphatic heterocycles. The minimum absolute atomic E-state index is 0.0336. The number of rotatable bonds is 3. The van der Waals surface area contributed by atoms with Crippen LogP contribution in [0.25, 0.3) is 0 Å². The third-order valence-electron chi connectivity index (χ3n) is 1.70. The lowest BCUT2D eigenvalue weighted by Gasteiger charge is -2.09. The van der Waals surface area contributed by atoms with Crippen LogP contribution in [0.3, 0.4) is 0 Å². The van der Waals surface area contributed by atoms with E-state index in [4.69, 9.17) is 21.4 Å². The quantitative estimate of drug-likeness (QED) is 0.807. The van der Waals surface area contributed by atoms with Crippen LogP contribution >= 0.6 is 11.6 Å². The number of ether oxygens (including phenoxy) is 1. The van der Waals surface area contributed by atoms with Crippen molar-refractivity contribution in [3.63, 3.8) is 0 Å². The molecule has 1 rings (SSSR count). The van der Waals surface area contributed by atoms with Crippen molar-refractivity contribution < 1.29 is 19.7 Å². The molecule has 0 unspecified atom stereocenters. The molecule has 0 heterocycles. The Bertz CT molecular complexity index is 362. The number of halogens is 1. The SMILES string of the molecule is COc1c(CC(=O)O)ccc(O)c1Cl. The average Bonchev–Trinajstić information content (AvgIpc) is 2.11. The lowest BCUT2D eigenvalue weighted by molar-refractivity contribution is -0.136. The van der Waals surface area contributed by atoms with Gasteiger partial charge in [-0.2, -0.15) is 0 Å². The number of benzene rings is 1. The first kappa shape index (κ1) is 10.7. The van der Waals surface area contributed by atoms with Gasteiger partial charge in [0.2, 0.25) is 0 Å². The molecule has 76 valence electrons. The maximum atomic E-state index is 10.5. The molecule has 0 atom stereocenters. The number of methoxy groups -OCH3 is 1. The van der Waals surface area contributed by atoms with E-state index in [1.54, 1.807) is 0 Å². The summed E-state index contributed by atoms with van der Waals surface area (Å²) in [5.41, 5.74) is 0.433. The van der Waals surface area contributed by atoms with Crippen molar-refractivity contribution in [1.82, 2.24) is 0 Å². The number of carboxylic acids is 1. The van der Waals surface area contributed by atoms with Crippen LogP contribution in [0.5, 0.6) is 11.5 Å². The molecule has 0 aliphatic carbocycles. The molecule has 5 heteroatoms. The van der Waals surface area contributed by atoms with Crippen LogP contribution < -0.4 is 4.74 Å². The summed E-state index contributed by atoms with van der Waals surface area (Å²) in [4.78, 5) is 10.5. The second kappa shape index (κ2) is 4.19. The summed E-state index contributed by atoms with van der Waals surface area (Å²) in [7, 11) is 1.37. The number of aromatic hydroxyl groups is 1. The van der Waals surface area contributed by atoms with Crippen LogP contribution in [-0.2, 0) is 11.2 Å². The van der Waals surface area contributed by atoms with Gasteiger partial charge in [0.25, 0.3) is 0 Å². The number of carboxylic acid groups (broad SMARTS) is 1. The van der Waals surface area contributed by atoms with Crippen molar-refractivity contribution >= 4 is 17.6 Å². The van der Waals surface area contributed by atoms with Crippen molar-refractivity contribution in [2.24, 2.45) is 0 Å². The van der Waals surface area contributed by atoms with Crippen molar-refractivity contribution in [3.8, 4) is 11.5 Å². The van der Waals surface area contributed by atoms with E-state index in [2.05, 4.69) is 0 Å². The number of hydrogen-bond acceptors (Lipinski definition) is 3. The lowest BCUT2D eigenvalue weighted by atomic mass is 10.1. The van der Waals surface area contributed by atoms with Crippen molar-refractivity contribution in [2.75, 3.05) is 7.11 Å². The van der Waals surface area contributed by atoms with Gasteiger partial charge < -0.3 is 14.9 Å². The molecule has 0 spiro atoms. The van der Waals surface area contributed by atoms with Crippen molar-refractivity contribution in [2.45, 2.75) is 6.42 Å². The molecule has 1 aromatic rings. The van der Waals surface area contributed by atoms with E-state index >= 15 is 0 Å². The van der Waals surface area contributed by atoms with Crippen LogP contribution in [-0.4, -0.2) is 23.3 Å². The Kier molecular flexibility index (Phi) is 3.19. The van der Waals surface area contributed by atoms with Gasteiger partial charge >= 0.3 is 5.97 Å². The zero-order valence-electron chi connectivity index (χ0n) is 7.45. The van der Waals surface area contributed by atoms with E-state index in [9.17, 15) is 9.90 Å². The first-order chi connectivity index (χ1) is 6.56. The van der Waals surface area contributed by atoms with Gasteiger partial charge in [-0.05, 0) is 6.07 Å². The van der Waals surface area contributed by atoms with Gasteiger partial charge in [0, 0.05) is 5.56 Å². The molecule has 0 radical (unpaired) electrons. The normalized spacial score (nSPS) is 9.86. The van der Waals surface area contributed by atoms with Gasteiger partial charge in [-0.1, -0.05) is 17.7 Å². The summed E-state index contributed by atoms with van der Waals surface area (Å²) in [5.74, 6) is -0.906. The number of aliphatic carboxylic acids is 1. The topological polar surface area (TPSA) is 66.8 Å². The van der Waals surface area contributed by atoms with Crippen LogP contribution in [0.4, 0.5) is 0 Å². The van der Waals surface area contributed by atoms with E-state index in [0.717, 1.165) is 0 Å².